The average molecular weight is 89.1 g/mol. The van der Waals surface area contributed by atoms with Gasteiger partial charge < -0.3 is 10.7 Å². The molecule has 0 radical (unpaired) electrons. The first-order chi connectivity index (χ1) is 2.56. The Morgan fingerprint density at radius 2 is 1.50 bits per heavy atom. The van der Waals surface area contributed by atoms with E-state index in [1.54, 1.807) is 0 Å². The van der Waals surface area contributed by atoms with E-state index in [9.17, 15) is 5.21 Å². The molecule has 0 aromatic carbocycles. The van der Waals surface area contributed by atoms with Gasteiger partial charge in [0.15, 0.2) is 0 Å². The van der Waals surface area contributed by atoms with Crippen LogP contribution in [0.15, 0.2) is 0 Å². The lowest BCUT2D eigenvalue weighted by atomic mass is 10.1. The highest BCUT2D eigenvalue weighted by molar-refractivity contribution is 4.51. The van der Waals surface area contributed by atoms with Gasteiger partial charge in [0.05, 0.1) is 5.54 Å². The third kappa shape index (κ3) is 3.92. The largest absolute Gasteiger partial charge is 0.635 e. The molecule has 0 amide bonds. The number of rotatable bonds is 0. The van der Waals surface area contributed by atoms with E-state index in [0.717, 1.165) is 5.48 Å². The molecule has 38 valence electrons. The summed E-state index contributed by atoms with van der Waals surface area (Å²) in [6, 6.07) is 0. The summed E-state index contributed by atoms with van der Waals surface area (Å²) in [5.41, 5.74) is 0.799. The van der Waals surface area contributed by atoms with Gasteiger partial charge in [-0.05, 0) is 20.8 Å². The molecule has 0 aliphatic carbocycles. The van der Waals surface area contributed by atoms with E-state index in [2.05, 4.69) is 0 Å². The van der Waals surface area contributed by atoms with Gasteiger partial charge in [0, 0.05) is 0 Å². The minimum atomic E-state index is -0.139. The van der Waals surface area contributed by atoms with Crippen molar-refractivity contribution in [1.82, 2.24) is 0 Å². The van der Waals surface area contributed by atoms with Gasteiger partial charge in [-0.15, -0.1) is 0 Å². The second-order valence-corrected chi connectivity index (χ2v) is 2.48. The van der Waals surface area contributed by atoms with Crippen LogP contribution in [0.1, 0.15) is 20.8 Å². The number of hydrogen-bond acceptors (Lipinski definition) is 1. The van der Waals surface area contributed by atoms with E-state index in [-0.39, 0.29) is 5.54 Å². The van der Waals surface area contributed by atoms with Crippen LogP contribution in [0.25, 0.3) is 0 Å². The minimum Gasteiger partial charge on any atom is -0.635 e. The van der Waals surface area contributed by atoms with E-state index in [1.165, 1.54) is 0 Å². The molecular formula is C4H11NO. The standard InChI is InChI=1S/C4H11NO/c1-4(2,3)5-6/h5H2,1-3H3. The molecule has 0 saturated carbocycles. The Labute approximate surface area is 38.1 Å². The first-order valence-electron chi connectivity index (χ1n) is 2.02. The summed E-state index contributed by atoms with van der Waals surface area (Å²) in [5, 5.41) is 9.83. The zero-order chi connectivity index (χ0) is 5.21. The molecular weight excluding hydrogens is 78.0 g/mol. The van der Waals surface area contributed by atoms with Crippen LogP contribution in [-0.4, -0.2) is 5.54 Å². The van der Waals surface area contributed by atoms with Gasteiger partial charge in [0.25, 0.3) is 0 Å². The maximum absolute atomic E-state index is 9.83. The Bertz CT molecular complexity index is 37.3. The van der Waals surface area contributed by atoms with Crippen LogP contribution in [0.3, 0.4) is 0 Å². The van der Waals surface area contributed by atoms with Crippen molar-refractivity contribution in [3.05, 3.63) is 5.21 Å². The van der Waals surface area contributed by atoms with Crippen LogP contribution in [-0.2, 0) is 0 Å². The molecule has 0 rings (SSSR count). The lowest BCUT2D eigenvalue weighted by Crippen LogP contribution is -2.88. The summed E-state index contributed by atoms with van der Waals surface area (Å²) >= 11 is 0. The van der Waals surface area contributed by atoms with Crippen molar-refractivity contribution in [2.45, 2.75) is 26.3 Å². The first-order valence-corrected chi connectivity index (χ1v) is 2.02. The van der Waals surface area contributed by atoms with Crippen molar-refractivity contribution in [3.8, 4) is 0 Å². The predicted molar refractivity (Wildman–Crippen MR) is 25.0 cm³/mol. The van der Waals surface area contributed by atoms with Crippen molar-refractivity contribution in [3.63, 3.8) is 0 Å². The predicted octanol–water partition coefficient (Wildman–Crippen LogP) is -0.154. The number of hydroxylamine groups is 1. The Morgan fingerprint density at radius 1 is 1.33 bits per heavy atom. The molecule has 2 heteroatoms. The molecule has 0 heterocycles. The van der Waals surface area contributed by atoms with Crippen LogP contribution in [0.2, 0.25) is 0 Å². The van der Waals surface area contributed by atoms with Crippen LogP contribution in [0.4, 0.5) is 0 Å². The summed E-state index contributed by atoms with van der Waals surface area (Å²) < 4.78 is 0. The zero-order valence-electron chi connectivity index (χ0n) is 4.49. The van der Waals surface area contributed by atoms with Gasteiger partial charge in [-0.3, -0.25) is 0 Å². The summed E-state index contributed by atoms with van der Waals surface area (Å²) in [7, 11) is 0. The Kier molecular flexibility index (Phi) is 1.56. The zero-order valence-corrected chi connectivity index (χ0v) is 4.49. The molecule has 2 N–H and O–H groups in total. The molecule has 2 nitrogen and oxygen atoms in total. The van der Waals surface area contributed by atoms with Crippen LogP contribution in [0, 0.1) is 5.21 Å². The van der Waals surface area contributed by atoms with E-state index in [0.29, 0.717) is 0 Å². The molecule has 6 heavy (non-hydrogen) atoms. The third-order valence-corrected chi connectivity index (χ3v) is 0.354. The fraction of sp³-hybridized carbons (Fsp3) is 1.00. The Balaban J connectivity index is 3.17. The van der Waals surface area contributed by atoms with Crippen LogP contribution in [0.5, 0.6) is 0 Å². The van der Waals surface area contributed by atoms with Gasteiger partial charge in [0.2, 0.25) is 0 Å². The molecule has 0 aromatic heterocycles. The average Bonchev–Trinajstić information content (AvgIpc) is 1.35. The molecule has 0 atom stereocenters. The highest BCUT2D eigenvalue weighted by Gasteiger charge is 2.04. The second kappa shape index (κ2) is 1.58. The van der Waals surface area contributed by atoms with E-state index in [1.807, 2.05) is 20.8 Å². The van der Waals surface area contributed by atoms with Gasteiger partial charge >= 0.3 is 0 Å². The highest BCUT2D eigenvalue weighted by atomic mass is 16.5. The molecule has 0 spiro atoms. The SMILES string of the molecule is CC(C)(C)[NH2+][O-]. The normalized spacial score (nSPS) is 12.0. The monoisotopic (exact) mass is 89.1 g/mol. The van der Waals surface area contributed by atoms with Crippen molar-refractivity contribution < 1.29 is 5.48 Å². The molecule has 0 aliphatic heterocycles. The molecule has 0 saturated heterocycles. The van der Waals surface area contributed by atoms with Crippen molar-refractivity contribution in [2.75, 3.05) is 0 Å². The van der Waals surface area contributed by atoms with Gasteiger partial charge in [0.1, 0.15) is 0 Å². The summed E-state index contributed by atoms with van der Waals surface area (Å²) in [4.78, 5) is 0. The maximum Gasteiger partial charge on any atom is 0.0873 e. The maximum atomic E-state index is 9.83. The fourth-order valence-electron chi connectivity index (χ4n) is 0. The molecule has 0 aliphatic rings. The first kappa shape index (κ1) is 5.92. The second-order valence-electron chi connectivity index (χ2n) is 2.48. The molecule has 0 fully saturated rings. The smallest absolute Gasteiger partial charge is 0.0873 e. The number of quaternary nitrogens is 1. The highest BCUT2D eigenvalue weighted by Crippen LogP contribution is 1.86. The quantitative estimate of drug-likeness (QED) is 0.412. The van der Waals surface area contributed by atoms with E-state index < -0.39 is 0 Å². The lowest BCUT2D eigenvalue weighted by molar-refractivity contribution is -0.658. The molecule has 0 bridgehead atoms. The lowest BCUT2D eigenvalue weighted by Gasteiger charge is -2.17. The van der Waals surface area contributed by atoms with E-state index >= 15 is 0 Å². The van der Waals surface area contributed by atoms with Crippen LogP contribution >= 0.6 is 0 Å². The van der Waals surface area contributed by atoms with Crippen molar-refractivity contribution in [1.29, 1.82) is 0 Å². The molecule has 0 aromatic rings. The summed E-state index contributed by atoms with van der Waals surface area (Å²) in [5.74, 6) is 0. The number of hydrogen-bond donors (Lipinski definition) is 1. The summed E-state index contributed by atoms with van der Waals surface area (Å²) in [6.45, 7) is 5.62. The third-order valence-electron chi connectivity index (χ3n) is 0.354. The number of nitrogens with two attached hydrogens (primary N) is 1. The summed E-state index contributed by atoms with van der Waals surface area (Å²) in [6.07, 6.45) is 0. The molecule has 0 unspecified atom stereocenters. The Morgan fingerprint density at radius 3 is 1.50 bits per heavy atom. The fourth-order valence-corrected chi connectivity index (χ4v) is 0. The van der Waals surface area contributed by atoms with Crippen molar-refractivity contribution >= 4 is 0 Å². The van der Waals surface area contributed by atoms with Crippen LogP contribution < -0.4 is 5.48 Å². The van der Waals surface area contributed by atoms with E-state index in [4.69, 9.17) is 0 Å². The minimum absolute atomic E-state index is 0.139. The van der Waals surface area contributed by atoms with Gasteiger partial charge in [-0.25, -0.2) is 0 Å². The van der Waals surface area contributed by atoms with Gasteiger partial charge in [-0.2, -0.15) is 0 Å². The van der Waals surface area contributed by atoms with Crippen molar-refractivity contribution in [2.24, 2.45) is 0 Å². The topological polar surface area (TPSA) is 39.7 Å². The Hall–Kier alpha value is -0.0800. The van der Waals surface area contributed by atoms with Gasteiger partial charge in [-0.1, -0.05) is 0 Å².